The molecule has 0 spiro atoms. The minimum atomic E-state index is -3.52. The zero-order chi connectivity index (χ0) is 13.4. The number of nitrogens with one attached hydrogen (secondary N) is 2. The van der Waals surface area contributed by atoms with Crippen LogP contribution >= 0.6 is 0 Å². The highest BCUT2D eigenvalue weighted by molar-refractivity contribution is 7.90. The van der Waals surface area contributed by atoms with E-state index in [-0.39, 0.29) is 0 Å². The summed E-state index contributed by atoms with van der Waals surface area (Å²) >= 11 is 0. The minimum absolute atomic E-state index is 0.403. The quantitative estimate of drug-likeness (QED) is 0.709. The van der Waals surface area contributed by atoms with E-state index in [1.165, 1.54) is 0 Å². The highest BCUT2D eigenvalue weighted by Crippen LogP contribution is 2.22. The Hall–Kier alpha value is -0.820. The third-order valence-electron chi connectivity index (χ3n) is 3.04. The van der Waals surface area contributed by atoms with Crippen molar-refractivity contribution in [3.05, 3.63) is 0 Å². The second-order valence-corrected chi connectivity index (χ2v) is 6.47. The van der Waals surface area contributed by atoms with Gasteiger partial charge in [0, 0.05) is 20.3 Å². The van der Waals surface area contributed by atoms with Gasteiger partial charge in [0.1, 0.15) is 0 Å². The lowest BCUT2D eigenvalue weighted by Gasteiger charge is -2.21. The first kappa shape index (κ1) is 15.2. The molecule has 2 N–H and O–H groups in total. The maximum absolute atomic E-state index is 11.9. The van der Waals surface area contributed by atoms with Gasteiger partial charge in [0.2, 0.25) is 10.0 Å². The molecule has 1 rings (SSSR count). The molecule has 0 saturated heterocycles. The standard InChI is InChI=1S/C11H22N2O4S/c1-17-9-5-8-12-11(14)13-18(15,16)10-6-3-2-4-7-10/h10H,2-9H2,1H3,(H2,12,13,14). The molecule has 0 aromatic carbocycles. The lowest BCUT2D eigenvalue weighted by atomic mass is 10.0. The van der Waals surface area contributed by atoms with Gasteiger partial charge in [-0.3, -0.25) is 0 Å². The highest BCUT2D eigenvalue weighted by atomic mass is 32.2. The zero-order valence-electron chi connectivity index (χ0n) is 10.8. The number of carbonyl (C=O) groups excluding carboxylic acids is 1. The molecule has 0 radical (unpaired) electrons. The molecule has 0 unspecified atom stereocenters. The Kier molecular flexibility index (Phi) is 6.42. The molecule has 0 atom stereocenters. The number of hydrogen-bond donors (Lipinski definition) is 2. The fourth-order valence-corrected chi connectivity index (χ4v) is 3.49. The van der Waals surface area contributed by atoms with Gasteiger partial charge in [0.15, 0.2) is 0 Å². The summed E-state index contributed by atoms with van der Waals surface area (Å²) in [6, 6.07) is -0.642. The van der Waals surface area contributed by atoms with Gasteiger partial charge in [0.25, 0.3) is 0 Å². The van der Waals surface area contributed by atoms with Crippen molar-refractivity contribution < 1.29 is 17.9 Å². The Morgan fingerprint density at radius 2 is 1.94 bits per heavy atom. The van der Waals surface area contributed by atoms with Crippen molar-refractivity contribution in [3.63, 3.8) is 0 Å². The van der Waals surface area contributed by atoms with Gasteiger partial charge >= 0.3 is 6.03 Å². The van der Waals surface area contributed by atoms with E-state index < -0.39 is 21.3 Å². The van der Waals surface area contributed by atoms with Crippen LogP contribution in [0.3, 0.4) is 0 Å². The van der Waals surface area contributed by atoms with Crippen molar-refractivity contribution >= 4 is 16.1 Å². The SMILES string of the molecule is COCCCNC(=O)NS(=O)(=O)C1CCCCC1. The van der Waals surface area contributed by atoms with Gasteiger partial charge in [-0.25, -0.2) is 17.9 Å². The molecule has 18 heavy (non-hydrogen) atoms. The van der Waals surface area contributed by atoms with E-state index in [1.807, 2.05) is 0 Å². The maximum atomic E-state index is 11.9. The third-order valence-corrected chi connectivity index (χ3v) is 4.86. The van der Waals surface area contributed by atoms with Gasteiger partial charge in [-0.1, -0.05) is 19.3 Å². The van der Waals surface area contributed by atoms with Crippen LogP contribution in [0.5, 0.6) is 0 Å². The molecule has 1 aliphatic rings. The van der Waals surface area contributed by atoms with Crippen LogP contribution in [-0.4, -0.2) is 40.0 Å². The molecule has 1 saturated carbocycles. The number of carbonyl (C=O) groups is 1. The Labute approximate surface area is 109 Å². The second kappa shape index (κ2) is 7.58. The minimum Gasteiger partial charge on any atom is -0.385 e. The molecular formula is C11H22N2O4S. The van der Waals surface area contributed by atoms with Gasteiger partial charge in [-0.2, -0.15) is 0 Å². The average molecular weight is 278 g/mol. The molecule has 0 bridgehead atoms. The van der Waals surface area contributed by atoms with Gasteiger partial charge in [-0.05, 0) is 19.3 Å². The Bertz CT molecular complexity index is 350. The maximum Gasteiger partial charge on any atom is 0.328 e. The fraction of sp³-hybridized carbons (Fsp3) is 0.909. The van der Waals surface area contributed by atoms with E-state index in [2.05, 4.69) is 10.0 Å². The predicted molar refractivity (Wildman–Crippen MR) is 68.8 cm³/mol. The summed E-state index contributed by atoms with van der Waals surface area (Å²) in [5.74, 6) is 0. The monoisotopic (exact) mass is 278 g/mol. The summed E-state index contributed by atoms with van der Waals surface area (Å²) in [5, 5.41) is 2.08. The average Bonchev–Trinajstić information content (AvgIpc) is 2.35. The third kappa shape index (κ3) is 5.22. The van der Waals surface area contributed by atoms with Crippen LogP contribution in [0.4, 0.5) is 4.79 Å². The van der Waals surface area contributed by atoms with Crippen LogP contribution in [0.15, 0.2) is 0 Å². The molecular weight excluding hydrogens is 256 g/mol. The lowest BCUT2D eigenvalue weighted by molar-refractivity contribution is 0.194. The number of rotatable bonds is 6. The summed E-state index contributed by atoms with van der Waals surface area (Å²) < 4.78 is 30.7. The largest absolute Gasteiger partial charge is 0.385 e. The van der Waals surface area contributed by atoms with Crippen LogP contribution < -0.4 is 10.0 Å². The number of urea groups is 1. The van der Waals surface area contributed by atoms with Crippen LogP contribution in [0.1, 0.15) is 38.5 Å². The molecule has 106 valence electrons. The van der Waals surface area contributed by atoms with Crippen molar-refractivity contribution in [3.8, 4) is 0 Å². The van der Waals surface area contributed by atoms with Gasteiger partial charge in [-0.15, -0.1) is 0 Å². The summed E-state index contributed by atoms with van der Waals surface area (Å²) in [4.78, 5) is 11.4. The molecule has 2 amide bonds. The Morgan fingerprint density at radius 3 is 2.56 bits per heavy atom. The molecule has 1 aliphatic carbocycles. The summed E-state index contributed by atoms with van der Waals surface area (Å²) in [6.07, 6.45) is 4.86. The van der Waals surface area contributed by atoms with Crippen molar-refractivity contribution in [2.24, 2.45) is 0 Å². The number of sulfonamides is 1. The molecule has 6 nitrogen and oxygen atoms in total. The zero-order valence-corrected chi connectivity index (χ0v) is 11.6. The number of hydrogen-bond acceptors (Lipinski definition) is 4. The van der Waals surface area contributed by atoms with E-state index >= 15 is 0 Å². The second-order valence-electron chi connectivity index (χ2n) is 4.51. The van der Waals surface area contributed by atoms with E-state index in [1.54, 1.807) is 7.11 Å². The first-order chi connectivity index (χ1) is 8.56. The first-order valence-corrected chi connectivity index (χ1v) is 7.89. The van der Waals surface area contributed by atoms with Crippen LogP contribution in [0, 0.1) is 0 Å². The van der Waals surface area contributed by atoms with E-state index in [4.69, 9.17) is 4.74 Å². The molecule has 0 aromatic rings. The van der Waals surface area contributed by atoms with Crippen molar-refractivity contribution in [1.29, 1.82) is 0 Å². The summed E-state index contributed by atoms with van der Waals surface area (Å²) in [5.41, 5.74) is 0. The Balaban J connectivity index is 2.32. The van der Waals surface area contributed by atoms with E-state index in [0.29, 0.717) is 32.4 Å². The van der Waals surface area contributed by atoms with E-state index in [9.17, 15) is 13.2 Å². The molecule has 7 heteroatoms. The van der Waals surface area contributed by atoms with Crippen LogP contribution in [0.2, 0.25) is 0 Å². The van der Waals surface area contributed by atoms with Crippen molar-refractivity contribution in [2.75, 3.05) is 20.3 Å². The van der Waals surface area contributed by atoms with Crippen LogP contribution in [-0.2, 0) is 14.8 Å². The van der Waals surface area contributed by atoms with Crippen molar-refractivity contribution in [1.82, 2.24) is 10.0 Å². The first-order valence-electron chi connectivity index (χ1n) is 6.34. The predicted octanol–water partition coefficient (Wildman–Crippen LogP) is 0.985. The molecule has 0 aliphatic heterocycles. The molecule has 1 fully saturated rings. The van der Waals surface area contributed by atoms with Crippen LogP contribution in [0.25, 0.3) is 0 Å². The molecule has 0 heterocycles. The van der Waals surface area contributed by atoms with Crippen molar-refractivity contribution in [2.45, 2.75) is 43.8 Å². The van der Waals surface area contributed by atoms with Gasteiger partial charge in [0.05, 0.1) is 5.25 Å². The normalized spacial score (nSPS) is 17.4. The number of methoxy groups -OCH3 is 1. The number of amides is 2. The molecule has 0 aromatic heterocycles. The lowest BCUT2D eigenvalue weighted by Crippen LogP contribution is -2.44. The summed E-state index contributed by atoms with van der Waals surface area (Å²) in [6.45, 7) is 0.940. The highest BCUT2D eigenvalue weighted by Gasteiger charge is 2.28. The topological polar surface area (TPSA) is 84.5 Å². The smallest absolute Gasteiger partial charge is 0.328 e. The summed E-state index contributed by atoms with van der Waals surface area (Å²) in [7, 11) is -1.94. The number of ether oxygens (including phenoxy) is 1. The van der Waals surface area contributed by atoms with E-state index in [0.717, 1.165) is 19.3 Å². The fourth-order valence-electron chi connectivity index (χ4n) is 2.04. The van der Waals surface area contributed by atoms with Gasteiger partial charge < -0.3 is 10.1 Å². The Morgan fingerprint density at radius 1 is 1.28 bits per heavy atom.